The summed E-state index contributed by atoms with van der Waals surface area (Å²) in [7, 11) is 1.53. The van der Waals surface area contributed by atoms with E-state index in [1.54, 1.807) is 17.0 Å². The summed E-state index contributed by atoms with van der Waals surface area (Å²) in [5.41, 5.74) is 6.18. The Bertz CT molecular complexity index is 554. The maximum Gasteiger partial charge on any atom is 0.412 e. The highest BCUT2D eigenvalue weighted by atomic mass is 16.6. The van der Waals surface area contributed by atoms with Gasteiger partial charge in [0.05, 0.1) is 13.2 Å². The predicted molar refractivity (Wildman–Crippen MR) is 106 cm³/mol. The van der Waals surface area contributed by atoms with Gasteiger partial charge in [0.1, 0.15) is 6.10 Å². The maximum absolute atomic E-state index is 12.5. The van der Waals surface area contributed by atoms with Crippen molar-refractivity contribution in [3.05, 3.63) is 30.3 Å². The average molecular weight is 380 g/mol. The summed E-state index contributed by atoms with van der Waals surface area (Å²) in [6.07, 6.45) is 0.414. The van der Waals surface area contributed by atoms with Gasteiger partial charge >= 0.3 is 12.1 Å². The zero-order valence-electron chi connectivity index (χ0n) is 16.4. The molecule has 3 amide bonds. The molecule has 0 fully saturated rings. The van der Waals surface area contributed by atoms with Crippen LogP contribution in [0.2, 0.25) is 0 Å². The molecule has 0 aliphatic heterocycles. The van der Waals surface area contributed by atoms with Crippen molar-refractivity contribution >= 4 is 17.8 Å². The number of rotatable bonds is 11. The molecule has 1 atom stereocenters. The number of amides is 3. The number of hydrogen-bond acceptors (Lipinski definition) is 5. The monoisotopic (exact) mass is 380 g/mol. The van der Waals surface area contributed by atoms with E-state index >= 15 is 0 Å². The van der Waals surface area contributed by atoms with E-state index < -0.39 is 12.2 Å². The highest BCUT2D eigenvalue weighted by molar-refractivity contribution is 5.84. The van der Waals surface area contributed by atoms with E-state index in [1.807, 2.05) is 32.0 Å². The number of carbonyl (C=O) groups is 2. The maximum atomic E-state index is 12.5. The smallest absolute Gasteiger partial charge is 0.412 e. The first-order valence-electron chi connectivity index (χ1n) is 9.23. The lowest BCUT2D eigenvalue weighted by Crippen LogP contribution is -2.48. The van der Waals surface area contributed by atoms with Crippen LogP contribution in [0.4, 0.5) is 15.3 Å². The van der Waals surface area contributed by atoms with E-state index in [-0.39, 0.29) is 25.2 Å². The molecular formula is C19H32N4O4. The number of hydrogen-bond donors (Lipinski definition) is 3. The van der Waals surface area contributed by atoms with Gasteiger partial charge in [-0.3, -0.25) is 5.32 Å². The SMILES string of the molecule is COCC(CN(CCCCN)C(=O)NC(C)C)OC(=O)Nc1ccccc1. The number of unbranched alkanes of at least 4 members (excludes halogenated alkanes) is 1. The normalized spacial score (nSPS) is 11.7. The molecule has 0 aromatic heterocycles. The topological polar surface area (TPSA) is 106 Å². The van der Waals surface area contributed by atoms with Crippen LogP contribution in [-0.4, -0.2) is 62.5 Å². The third-order valence-electron chi connectivity index (χ3n) is 3.65. The van der Waals surface area contributed by atoms with Crippen LogP contribution in [0.25, 0.3) is 0 Å². The number of ether oxygens (including phenoxy) is 2. The second kappa shape index (κ2) is 12.9. The molecule has 4 N–H and O–H groups in total. The van der Waals surface area contributed by atoms with E-state index in [9.17, 15) is 9.59 Å². The van der Waals surface area contributed by atoms with Gasteiger partial charge in [-0.05, 0) is 45.4 Å². The molecule has 0 aliphatic carbocycles. The largest absolute Gasteiger partial charge is 0.442 e. The highest BCUT2D eigenvalue weighted by Crippen LogP contribution is 2.08. The van der Waals surface area contributed by atoms with Crippen molar-refractivity contribution in [3.63, 3.8) is 0 Å². The lowest BCUT2D eigenvalue weighted by Gasteiger charge is -2.28. The fraction of sp³-hybridized carbons (Fsp3) is 0.579. The fourth-order valence-corrected chi connectivity index (χ4v) is 2.44. The van der Waals surface area contributed by atoms with Gasteiger partial charge in [0.25, 0.3) is 0 Å². The van der Waals surface area contributed by atoms with Crippen LogP contribution in [-0.2, 0) is 9.47 Å². The minimum atomic E-state index is -0.588. The van der Waals surface area contributed by atoms with Crippen LogP contribution in [0, 0.1) is 0 Å². The molecule has 0 saturated carbocycles. The Balaban J connectivity index is 2.69. The number of nitrogens with zero attached hydrogens (tertiary/aromatic N) is 1. The number of methoxy groups -OCH3 is 1. The Kier molecular flexibility index (Phi) is 10.9. The first-order chi connectivity index (χ1) is 13.0. The van der Waals surface area contributed by atoms with Crippen molar-refractivity contribution in [2.24, 2.45) is 5.73 Å². The molecule has 0 aliphatic rings. The summed E-state index contributed by atoms with van der Waals surface area (Å²) >= 11 is 0. The number of benzene rings is 1. The molecular weight excluding hydrogens is 348 g/mol. The molecule has 1 rings (SSSR count). The minimum Gasteiger partial charge on any atom is -0.442 e. The predicted octanol–water partition coefficient (Wildman–Crippen LogP) is 2.41. The molecule has 0 saturated heterocycles. The van der Waals surface area contributed by atoms with Crippen molar-refractivity contribution < 1.29 is 19.1 Å². The second-order valence-corrected chi connectivity index (χ2v) is 6.52. The first-order valence-corrected chi connectivity index (χ1v) is 9.23. The molecule has 0 spiro atoms. The highest BCUT2D eigenvalue weighted by Gasteiger charge is 2.22. The lowest BCUT2D eigenvalue weighted by atomic mass is 10.2. The lowest BCUT2D eigenvalue weighted by molar-refractivity contribution is 0.0301. The molecule has 0 radical (unpaired) electrons. The summed E-state index contributed by atoms with van der Waals surface area (Å²) in [4.78, 5) is 26.2. The standard InChI is InChI=1S/C19H32N4O4/c1-15(2)21-18(24)23(12-8-7-11-20)13-17(14-26-3)27-19(25)22-16-9-5-4-6-10-16/h4-6,9-10,15,17H,7-8,11-14,20H2,1-3H3,(H,21,24)(H,22,25). The number of urea groups is 1. The second-order valence-electron chi connectivity index (χ2n) is 6.52. The fourth-order valence-electron chi connectivity index (χ4n) is 2.44. The van der Waals surface area contributed by atoms with Gasteiger partial charge in [-0.25, -0.2) is 9.59 Å². The van der Waals surface area contributed by atoms with E-state index in [4.69, 9.17) is 15.2 Å². The Morgan fingerprint density at radius 2 is 1.89 bits per heavy atom. The van der Waals surface area contributed by atoms with Gasteiger partial charge in [0.2, 0.25) is 0 Å². The van der Waals surface area contributed by atoms with Crippen molar-refractivity contribution in [1.29, 1.82) is 0 Å². The number of nitrogens with one attached hydrogen (secondary N) is 2. The summed E-state index contributed by atoms with van der Waals surface area (Å²) in [6, 6.07) is 8.84. The molecule has 8 nitrogen and oxygen atoms in total. The molecule has 0 bridgehead atoms. The summed E-state index contributed by atoms with van der Waals surface area (Å²) in [5, 5.41) is 5.53. The van der Waals surface area contributed by atoms with Crippen molar-refractivity contribution in [2.45, 2.75) is 38.8 Å². The first kappa shape index (κ1) is 22.7. The van der Waals surface area contributed by atoms with Gasteiger partial charge in [0.15, 0.2) is 0 Å². The van der Waals surface area contributed by atoms with Gasteiger partial charge in [0, 0.05) is 25.4 Å². The molecule has 152 valence electrons. The molecule has 0 heterocycles. The van der Waals surface area contributed by atoms with Gasteiger partial charge in [-0.1, -0.05) is 18.2 Å². The Morgan fingerprint density at radius 3 is 2.48 bits per heavy atom. The Labute approximate surface area is 161 Å². The molecule has 27 heavy (non-hydrogen) atoms. The van der Waals surface area contributed by atoms with Gasteiger partial charge in [-0.2, -0.15) is 0 Å². The van der Waals surface area contributed by atoms with Crippen molar-refractivity contribution in [1.82, 2.24) is 10.2 Å². The Hall–Kier alpha value is -2.32. The van der Waals surface area contributed by atoms with E-state index in [2.05, 4.69) is 10.6 Å². The quantitative estimate of drug-likeness (QED) is 0.511. The minimum absolute atomic E-state index is 0.0117. The molecule has 1 aromatic rings. The number of para-hydroxylation sites is 1. The van der Waals surface area contributed by atoms with Crippen molar-refractivity contribution in [3.8, 4) is 0 Å². The number of nitrogens with two attached hydrogens (primary N) is 1. The van der Waals surface area contributed by atoms with Crippen molar-refractivity contribution in [2.75, 3.05) is 38.7 Å². The van der Waals surface area contributed by atoms with Crippen LogP contribution in [0.15, 0.2) is 30.3 Å². The van der Waals surface area contributed by atoms with Crippen LogP contribution in [0.3, 0.4) is 0 Å². The Morgan fingerprint density at radius 1 is 1.19 bits per heavy atom. The van der Waals surface area contributed by atoms with Crippen LogP contribution >= 0.6 is 0 Å². The molecule has 1 aromatic carbocycles. The summed E-state index contributed by atoms with van der Waals surface area (Å²) in [5.74, 6) is 0. The van der Waals surface area contributed by atoms with Crippen LogP contribution in [0.5, 0.6) is 0 Å². The zero-order valence-corrected chi connectivity index (χ0v) is 16.4. The third kappa shape index (κ3) is 9.81. The summed E-state index contributed by atoms with van der Waals surface area (Å²) < 4.78 is 10.6. The van der Waals surface area contributed by atoms with E-state index in [0.717, 1.165) is 12.8 Å². The van der Waals surface area contributed by atoms with E-state index in [1.165, 1.54) is 7.11 Å². The zero-order chi connectivity index (χ0) is 20.1. The summed E-state index contributed by atoms with van der Waals surface area (Å²) in [6.45, 7) is 5.30. The van der Waals surface area contributed by atoms with E-state index in [0.29, 0.717) is 18.8 Å². The number of anilines is 1. The van der Waals surface area contributed by atoms with Crippen LogP contribution < -0.4 is 16.4 Å². The number of carbonyl (C=O) groups excluding carboxylic acids is 2. The van der Waals surface area contributed by atoms with Gasteiger partial charge in [-0.15, -0.1) is 0 Å². The third-order valence-corrected chi connectivity index (χ3v) is 3.65. The average Bonchev–Trinajstić information content (AvgIpc) is 2.61. The van der Waals surface area contributed by atoms with Crippen LogP contribution in [0.1, 0.15) is 26.7 Å². The molecule has 1 unspecified atom stereocenters. The van der Waals surface area contributed by atoms with Gasteiger partial charge < -0.3 is 25.4 Å². The molecule has 8 heteroatoms.